The van der Waals surface area contributed by atoms with Gasteiger partial charge in [-0.25, -0.2) is 0 Å². The van der Waals surface area contributed by atoms with E-state index in [0.29, 0.717) is 0 Å². The second-order valence-corrected chi connectivity index (χ2v) is 2.93. The minimum absolute atomic E-state index is 0.00454. The van der Waals surface area contributed by atoms with E-state index in [-0.39, 0.29) is 5.92 Å². The molecule has 70 valence electrons. The summed E-state index contributed by atoms with van der Waals surface area (Å²) < 4.78 is 5.08. The van der Waals surface area contributed by atoms with Crippen molar-refractivity contribution in [2.24, 2.45) is 0 Å². The molecule has 0 fully saturated rings. The first-order valence-corrected chi connectivity index (χ1v) is 4.41. The maximum Gasteiger partial charge on any atom is 0.127 e. The molecule has 1 aromatic carbocycles. The third-order valence-electron chi connectivity index (χ3n) is 2.13. The van der Waals surface area contributed by atoms with Crippen molar-refractivity contribution in [3.63, 3.8) is 0 Å². The lowest BCUT2D eigenvalue weighted by molar-refractivity contribution is -0.109. The second-order valence-electron chi connectivity index (χ2n) is 2.93. The normalized spacial score (nSPS) is 12.2. The Morgan fingerprint density at radius 1 is 1.54 bits per heavy atom. The van der Waals surface area contributed by atoms with Gasteiger partial charge in [-0.2, -0.15) is 0 Å². The summed E-state index contributed by atoms with van der Waals surface area (Å²) in [7, 11) is 1.63. The molecule has 0 saturated carbocycles. The number of carbonyl (C=O) groups excluding carboxylic acids is 1. The van der Waals surface area contributed by atoms with Crippen LogP contribution in [0.25, 0.3) is 0 Å². The van der Waals surface area contributed by atoms with E-state index in [1.807, 2.05) is 31.2 Å². The highest BCUT2D eigenvalue weighted by atomic mass is 16.5. The molecule has 1 aromatic rings. The van der Waals surface area contributed by atoms with Crippen LogP contribution in [0, 0.1) is 0 Å². The number of aldehydes is 1. The molecule has 0 aromatic heterocycles. The lowest BCUT2D eigenvalue weighted by Gasteiger charge is -2.08. The Kier molecular flexibility index (Phi) is 3.50. The molecule has 0 bridgehead atoms. The molecule has 1 unspecified atom stereocenters. The van der Waals surface area contributed by atoms with Gasteiger partial charge in [0.2, 0.25) is 0 Å². The van der Waals surface area contributed by atoms with Gasteiger partial charge in [0, 0.05) is 5.92 Å². The number of hydrogen-bond acceptors (Lipinski definition) is 2. The zero-order chi connectivity index (χ0) is 9.68. The average Bonchev–Trinajstić information content (AvgIpc) is 2.20. The van der Waals surface area contributed by atoms with Crippen molar-refractivity contribution < 1.29 is 9.53 Å². The summed E-state index contributed by atoms with van der Waals surface area (Å²) in [6.45, 7) is 2.00. The minimum Gasteiger partial charge on any atom is -0.497 e. The van der Waals surface area contributed by atoms with Crippen LogP contribution in [0.1, 0.15) is 24.8 Å². The SMILES string of the molecule is CCC(C=O)c1cccc(OC)c1. The predicted octanol–water partition coefficient (Wildman–Crippen LogP) is 2.39. The van der Waals surface area contributed by atoms with Crippen molar-refractivity contribution in [2.75, 3.05) is 7.11 Å². The summed E-state index contributed by atoms with van der Waals surface area (Å²) in [6, 6.07) is 7.63. The standard InChI is InChI=1S/C11H14O2/c1-3-9(8-12)10-5-4-6-11(7-10)13-2/h4-9H,3H2,1-2H3. The van der Waals surface area contributed by atoms with Crippen molar-refractivity contribution in [1.82, 2.24) is 0 Å². The molecule has 0 spiro atoms. The molecule has 2 nitrogen and oxygen atoms in total. The van der Waals surface area contributed by atoms with Gasteiger partial charge in [0.25, 0.3) is 0 Å². The predicted molar refractivity (Wildman–Crippen MR) is 52.1 cm³/mol. The monoisotopic (exact) mass is 178 g/mol. The molecular weight excluding hydrogens is 164 g/mol. The van der Waals surface area contributed by atoms with Gasteiger partial charge in [-0.15, -0.1) is 0 Å². The first-order valence-electron chi connectivity index (χ1n) is 4.41. The van der Waals surface area contributed by atoms with Gasteiger partial charge in [0.05, 0.1) is 7.11 Å². The van der Waals surface area contributed by atoms with Crippen LogP contribution in [0.5, 0.6) is 5.75 Å². The van der Waals surface area contributed by atoms with Crippen LogP contribution in [-0.4, -0.2) is 13.4 Å². The first-order chi connectivity index (χ1) is 6.31. The van der Waals surface area contributed by atoms with Gasteiger partial charge in [0.1, 0.15) is 12.0 Å². The fourth-order valence-corrected chi connectivity index (χ4v) is 1.28. The van der Waals surface area contributed by atoms with Crippen molar-refractivity contribution >= 4 is 6.29 Å². The van der Waals surface area contributed by atoms with Crippen LogP contribution in [0.15, 0.2) is 24.3 Å². The van der Waals surface area contributed by atoms with Crippen molar-refractivity contribution in [3.8, 4) is 5.75 Å². The highest BCUT2D eigenvalue weighted by Crippen LogP contribution is 2.21. The number of ether oxygens (including phenoxy) is 1. The second kappa shape index (κ2) is 4.65. The van der Waals surface area contributed by atoms with Gasteiger partial charge in [-0.3, -0.25) is 0 Å². The molecule has 0 aliphatic rings. The number of carbonyl (C=O) groups is 1. The van der Waals surface area contributed by atoms with Gasteiger partial charge in [0.15, 0.2) is 0 Å². The minimum atomic E-state index is -0.00454. The highest BCUT2D eigenvalue weighted by molar-refractivity contribution is 5.62. The Morgan fingerprint density at radius 3 is 2.85 bits per heavy atom. The molecule has 2 heteroatoms. The van der Waals surface area contributed by atoms with E-state index >= 15 is 0 Å². The van der Waals surface area contributed by atoms with Crippen LogP contribution in [0.4, 0.5) is 0 Å². The summed E-state index contributed by atoms with van der Waals surface area (Å²) >= 11 is 0. The van der Waals surface area contributed by atoms with Crippen LogP contribution in [0.3, 0.4) is 0 Å². The fourth-order valence-electron chi connectivity index (χ4n) is 1.28. The molecule has 1 rings (SSSR count). The lowest BCUT2D eigenvalue weighted by Crippen LogP contribution is -1.98. The third kappa shape index (κ3) is 2.31. The van der Waals surface area contributed by atoms with Gasteiger partial charge in [-0.1, -0.05) is 19.1 Å². The first kappa shape index (κ1) is 9.78. The Morgan fingerprint density at radius 2 is 2.31 bits per heavy atom. The lowest BCUT2D eigenvalue weighted by atomic mass is 9.98. The molecule has 0 radical (unpaired) electrons. The Hall–Kier alpha value is -1.31. The summed E-state index contributed by atoms with van der Waals surface area (Å²) in [5.41, 5.74) is 1.02. The highest BCUT2D eigenvalue weighted by Gasteiger charge is 2.07. The molecule has 0 aliphatic heterocycles. The van der Waals surface area contributed by atoms with E-state index in [0.717, 1.165) is 24.0 Å². The Bertz CT molecular complexity index is 281. The van der Waals surface area contributed by atoms with Crippen LogP contribution in [0.2, 0.25) is 0 Å². The summed E-state index contributed by atoms with van der Waals surface area (Å²) in [4.78, 5) is 10.7. The maximum absolute atomic E-state index is 10.7. The van der Waals surface area contributed by atoms with Crippen molar-refractivity contribution in [2.45, 2.75) is 19.3 Å². The molecule has 13 heavy (non-hydrogen) atoms. The van der Waals surface area contributed by atoms with E-state index in [4.69, 9.17) is 4.74 Å². The van der Waals surface area contributed by atoms with E-state index in [9.17, 15) is 4.79 Å². The maximum atomic E-state index is 10.7. The zero-order valence-electron chi connectivity index (χ0n) is 7.99. The average molecular weight is 178 g/mol. The number of benzene rings is 1. The van der Waals surface area contributed by atoms with Crippen LogP contribution in [-0.2, 0) is 4.79 Å². The van der Waals surface area contributed by atoms with Gasteiger partial charge < -0.3 is 9.53 Å². The van der Waals surface area contributed by atoms with Crippen molar-refractivity contribution in [3.05, 3.63) is 29.8 Å². The fraction of sp³-hybridized carbons (Fsp3) is 0.364. The molecule has 0 heterocycles. The van der Waals surface area contributed by atoms with Gasteiger partial charge >= 0.3 is 0 Å². The quantitative estimate of drug-likeness (QED) is 0.662. The van der Waals surface area contributed by atoms with E-state index in [1.54, 1.807) is 7.11 Å². The van der Waals surface area contributed by atoms with Crippen LogP contribution < -0.4 is 4.74 Å². The molecule has 0 aliphatic carbocycles. The smallest absolute Gasteiger partial charge is 0.127 e. The molecule has 0 saturated heterocycles. The third-order valence-corrected chi connectivity index (χ3v) is 2.13. The largest absolute Gasteiger partial charge is 0.497 e. The molecule has 1 atom stereocenters. The zero-order valence-corrected chi connectivity index (χ0v) is 7.99. The number of methoxy groups -OCH3 is 1. The molecule has 0 amide bonds. The van der Waals surface area contributed by atoms with Crippen molar-refractivity contribution in [1.29, 1.82) is 0 Å². The summed E-state index contributed by atoms with van der Waals surface area (Å²) in [5, 5.41) is 0. The number of hydrogen-bond donors (Lipinski definition) is 0. The number of rotatable bonds is 4. The van der Waals surface area contributed by atoms with E-state index < -0.39 is 0 Å². The molecular formula is C11H14O2. The summed E-state index contributed by atoms with van der Waals surface area (Å²) in [5.74, 6) is 0.799. The van der Waals surface area contributed by atoms with Crippen LogP contribution >= 0.6 is 0 Å². The van der Waals surface area contributed by atoms with E-state index in [2.05, 4.69) is 0 Å². The summed E-state index contributed by atoms with van der Waals surface area (Å²) in [6.07, 6.45) is 1.81. The molecule has 0 N–H and O–H groups in total. The van der Waals surface area contributed by atoms with Gasteiger partial charge in [-0.05, 0) is 24.1 Å². The van der Waals surface area contributed by atoms with E-state index in [1.165, 1.54) is 0 Å². The Balaban J connectivity index is 2.92. The topological polar surface area (TPSA) is 26.3 Å². The Labute approximate surface area is 78.5 Å².